The number of hydrogen-bond acceptors (Lipinski definition) is 5. The molecule has 6 heteroatoms. The molecule has 0 aliphatic carbocycles. The predicted molar refractivity (Wildman–Crippen MR) is 100 cm³/mol. The van der Waals surface area contributed by atoms with Crippen LogP contribution in [-0.2, 0) is 0 Å². The number of hydrogen-bond donors (Lipinski definition) is 1. The molecular formula is C19H25N5O. The number of carbonyl (C=O) groups is 1. The molecule has 2 aromatic rings. The van der Waals surface area contributed by atoms with E-state index in [9.17, 15) is 4.79 Å². The molecule has 1 N–H and O–H groups in total. The summed E-state index contributed by atoms with van der Waals surface area (Å²) in [5, 5.41) is 11.3. The van der Waals surface area contributed by atoms with Crippen LogP contribution in [0.1, 0.15) is 28.5 Å². The van der Waals surface area contributed by atoms with Crippen molar-refractivity contribution in [2.45, 2.75) is 20.8 Å². The van der Waals surface area contributed by atoms with Crippen LogP contribution in [0.15, 0.2) is 30.3 Å². The highest BCUT2D eigenvalue weighted by atomic mass is 16.1. The van der Waals surface area contributed by atoms with Crippen LogP contribution in [0, 0.1) is 13.8 Å². The molecule has 1 aromatic heterocycles. The Labute approximate surface area is 148 Å². The van der Waals surface area contributed by atoms with Crippen molar-refractivity contribution in [3.05, 3.63) is 47.2 Å². The molecule has 0 radical (unpaired) electrons. The lowest BCUT2D eigenvalue weighted by Gasteiger charge is -2.34. The molecular weight excluding hydrogens is 314 g/mol. The highest BCUT2D eigenvalue weighted by Gasteiger charge is 2.18. The fourth-order valence-corrected chi connectivity index (χ4v) is 2.97. The van der Waals surface area contributed by atoms with Crippen molar-refractivity contribution in [2.75, 3.05) is 42.9 Å². The lowest BCUT2D eigenvalue weighted by molar-refractivity contribution is 0.102. The minimum atomic E-state index is -0.233. The van der Waals surface area contributed by atoms with Crippen molar-refractivity contribution < 1.29 is 4.79 Å². The van der Waals surface area contributed by atoms with Gasteiger partial charge in [-0.2, -0.15) is 0 Å². The quantitative estimate of drug-likeness (QED) is 0.927. The Balaban J connectivity index is 1.66. The van der Waals surface area contributed by atoms with Crippen LogP contribution in [0.2, 0.25) is 0 Å². The largest absolute Gasteiger partial charge is 0.353 e. The zero-order chi connectivity index (χ0) is 17.8. The van der Waals surface area contributed by atoms with Gasteiger partial charge in [-0.3, -0.25) is 4.79 Å². The number of amides is 1. The number of nitrogens with one attached hydrogen (secondary N) is 1. The number of aryl methyl sites for hydroxylation is 2. The molecule has 2 heterocycles. The van der Waals surface area contributed by atoms with E-state index in [2.05, 4.69) is 32.2 Å². The molecule has 1 aliphatic heterocycles. The van der Waals surface area contributed by atoms with E-state index in [-0.39, 0.29) is 5.91 Å². The summed E-state index contributed by atoms with van der Waals surface area (Å²) < 4.78 is 0. The van der Waals surface area contributed by atoms with Gasteiger partial charge in [-0.05, 0) is 49.7 Å². The van der Waals surface area contributed by atoms with Crippen molar-refractivity contribution in [1.29, 1.82) is 0 Å². The molecule has 0 unspecified atom stereocenters. The van der Waals surface area contributed by atoms with Crippen LogP contribution in [0.25, 0.3) is 0 Å². The highest BCUT2D eigenvalue weighted by Crippen LogP contribution is 2.18. The van der Waals surface area contributed by atoms with Gasteiger partial charge in [0.05, 0.1) is 0 Å². The first-order chi connectivity index (χ1) is 12.1. The molecule has 1 saturated heterocycles. The maximum absolute atomic E-state index is 12.4. The summed E-state index contributed by atoms with van der Waals surface area (Å²) in [6.07, 6.45) is 0. The van der Waals surface area contributed by atoms with Gasteiger partial charge in [-0.1, -0.05) is 19.1 Å². The summed E-state index contributed by atoms with van der Waals surface area (Å²) in [6.45, 7) is 11.2. The van der Waals surface area contributed by atoms with Gasteiger partial charge in [-0.25, -0.2) is 0 Å². The van der Waals surface area contributed by atoms with Crippen molar-refractivity contribution in [3.63, 3.8) is 0 Å². The lowest BCUT2D eigenvalue weighted by Crippen LogP contribution is -2.46. The number of benzene rings is 1. The van der Waals surface area contributed by atoms with Crippen LogP contribution in [-0.4, -0.2) is 53.7 Å². The van der Waals surface area contributed by atoms with E-state index in [1.807, 2.05) is 38.1 Å². The number of anilines is 2. The van der Waals surface area contributed by atoms with E-state index in [0.29, 0.717) is 5.69 Å². The third kappa shape index (κ3) is 4.14. The number of carbonyl (C=O) groups excluding carboxylic acids is 1. The maximum Gasteiger partial charge on any atom is 0.276 e. The fourth-order valence-electron chi connectivity index (χ4n) is 2.97. The molecule has 0 saturated carbocycles. The molecule has 0 spiro atoms. The second kappa shape index (κ2) is 7.61. The summed E-state index contributed by atoms with van der Waals surface area (Å²) in [4.78, 5) is 17.0. The Hall–Kier alpha value is -2.47. The van der Waals surface area contributed by atoms with Crippen LogP contribution < -0.4 is 10.2 Å². The first-order valence-electron chi connectivity index (χ1n) is 8.76. The van der Waals surface area contributed by atoms with Gasteiger partial charge in [0.1, 0.15) is 0 Å². The molecule has 0 atom stereocenters. The average molecular weight is 339 g/mol. The summed E-state index contributed by atoms with van der Waals surface area (Å²) in [5.74, 6) is 0.600. The van der Waals surface area contributed by atoms with Gasteiger partial charge in [-0.15, -0.1) is 10.2 Å². The van der Waals surface area contributed by atoms with Crippen LogP contribution in [0.4, 0.5) is 11.5 Å². The summed E-state index contributed by atoms with van der Waals surface area (Å²) >= 11 is 0. The number of piperazine rings is 1. The van der Waals surface area contributed by atoms with Gasteiger partial charge in [0, 0.05) is 31.9 Å². The standard InChI is InChI=1S/C19H25N5O/c1-4-23-9-11-24(12-10-23)18-8-7-16(21-22-18)19(25)20-17-13-14(2)5-6-15(17)3/h5-8,13H,4,9-12H2,1-3H3,(H,20,25). The smallest absolute Gasteiger partial charge is 0.276 e. The van der Waals surface area contributed by atoms with E-state index in [1.54, 1.807) is 6.07 Å². The Morgan fingerprint density at radius 2 is 1.84 bits per heavy atom. The van der Waals surface area contributed by atoms with E-state index in [0.717, 1.165) is 55.4 Å². The normalized spacial score (nSPS) is 15.2. The second-order valence-electron chi connectivity index (χ2n) is 6.47. The Kier molecular flexibility index (Phi) is 5.28. The third-order valence-corrected chi connectivity index (χ3v) is 4.67. The number of likely N-dealkylation sites (N-methyl/N-ethyl adjacent to an activating group) is 1. The molecule has 25 heavy (non-hydrogen) atoms. The molecule has 0 bridgehead atoms. The summed E-state index contributed by atoms with van der Waals surface area (Å²) in [5.41, 5.74) is 3.27. The highest BCUT2D eigenvalue weighted by molar-refractivity contribution is 6.03. The van der Waals surface area contributed by atoms with Crippen molar-refractivity contribution >= 4 is 17.4 Å². The molecule has 1 amide bonds. The van der Waals surface area contributed by atoms with E-state index in [4.69, 9.17) is 0 Å². The van der Waals surface area contributed by atoms with E-state index >= 15 is 0 Å². The minimum Gasteiger partial charge on any atom is -0.353 e. The zero-order valence-corrected chi connectivity index (χ0v) is 15.1. The molecule has 1 aliphatic rings. The minimum absolute atomic E-state index is 0.233. The first kappa shape index (κ1) is 17.4. The fraction of sp³-hybridized carbons (Fsp3) is 0.421. The molecule has 132 valence electrons. The van der Waals surface area contributed by atoms with Gasteiger partial charge >= 0.3 is 0 Å². The average Bonchev–Trinajstić information content (AvgIpc) is 2.65. The van der Waals surface area contributed by atoms with Crippen LogP contribution in [0.3, 0.4) is 0 Å². The molecule has 6 nitrogen and oxygen atoms in total. The van der Waals surface area contributed by atoms with Gasteiger partial charge in [0.2, 0.25) is 0 Å². The van der Waals surface area contributed by atoms with Crippen LogP contribution >= 0.6 is 0 Å². The molecule has 1 fully saturated rings. The summed E-state index contributed by atoms with van der Waals surface area (Å²) in [6, 6.07) is 9.61. The third-order valence-electron chi connectivity index (χ3n) is 4.67. The van der Waals surface area contributed by atoms with Crippen molar-refractivity contribution in [3.8, 4) is 0 Å². The summed E-state index contributed by atoms with van der Waals surface area (Å²) in [7, 11) is 0. The van der Waals surface area contributed by atoms with Gasteiger partial charge in [0.15, 0.2) is 11.5 Å². The van der Waals surface area contributed by atoms with Crippen LogP contribution in [0.5, 0.6) is 0 Å². The van der Waals surface area contributed by atoms with Gasteiger partial charge in [0.25, 0.3) is 5.91 Å². The van der Waals surface area contributed by atoms with Crippen molar-refractivity contribution in [1.82, 2.24) is 15.1 Å². The Morgan fingerprint density at radius 1 is 1.08 bits per heavy atom. The first-order valence-corrected chi connectivity index (χ1v) is 8.76. The zero-order valence-electron chi connectivity index (χ0n) is 15.1. The number of aromatic nitrogens is 2. The second-order valence-corrected chi connectivity index (χ2v) is 6.47. The maximum atomic E-state index is 12.4. The van der Waals surface area contributed by atoms with Crippen molar-refractivity contribution in [2.24, 2.45) is 0 Å². The Bertz CT molecular complexity index is 736. The SMILES string of the molecule is CCN1CCN(c2ccc(C(=O)Nc3cc(C)ccc3C)nn2)CC1. The van der Waals surface area contributed by atoms with Gasteiger partial charge < -0.3 is 15.1 Å². The number of nitrogens with zero attached hydrogens (tertiary/aromatic N) is 4. The molecule has 3 rings (SSSR count). The lowest BCUT2D eigenvalue weighted by atomic mass is 10.1. The Morgan fingerprint density at radius 3 is 2.48 bits per heavy atom. The molecule has 1 aromatic carbocycles. The monoisotopic (exact) mass is 339 g/mol. The topological polar surface area (TPSA) is 61.4 Å². The van der Waals surface area contributed by atoms with E-state index < -0.39 is 0 Å². The van der Waals surface area contributed by atoms with E-state index in [1.165, 1.54) is 0 Å². The number of rotatable bonds is 4. The predicted octanol–water partition coefficient (Wildman–Crippen LogP) is 2.49.